The lowest BCUT2D eigenvalue weighted by molar-refractivity contribution is -0.130. The van der Waals surface area contributed by atoms with Crippen molar-refractivity contribution in [2.45, 2.75) is 20.3 Å². The van der Waals surface area contributed by atoms with E-state index < -0.39 is 0 Å². The van der Waals surface area contributed by atoms with E-state index in [0.29, 0.717) is 49.8 Å². The van der Waals surface area contributed by atoms with Crippen LogP contribution in [0, 0.1) is 13.8 Å². The minimum Gasteiger partial charge on any atom is -0.339 e. The molecule has 1 aliphatic rings. The molecule has 1 aromatic carbocycles. The highest BCUT2D eigenvalue weighted by Crippen LogP contribution is 2.21. The van der Waals surface area contributed by atoms with Gasteiger partial charge in [0.25, 0.3) is 5.91 Å². The number of aromatic nitrogens is 5. The predicted molar refractivity (Wildman–Crippen MR) is 141 cm³/mol. The Bertz CT molecular complexity index is 1380. The fourth-order valence-electron chi connectivity index (χ4n) is 4.66. The van der Waals surface area contributed by atoms with Crippen molar-refractivity contribution < 1.29 is 9.59 Å². The summed E-state index contributed by atoms with van der Waals surface area (Å²) in [6.45, 7) is 6.69. The van der Waals surface area contributed by atoms with E-state index in [1.165, 1.54) is 0 Å². The van der Waals surface area contributed by atoms with Crippen molar-refractivity contribution in [1.29, 1.82) is 0 Å². The van der Waals surface area contributed by atoms with Crippen LogP contribution in [0.4, 0.5) is 11.6 Å². The third-order valence-electron chi connectivity index (χ3n) is 6.67. The molecule has 1 fully saturated rings. The highest BCUT2D eigenvalue weighted by atomic mass is 16.2. The van der Waals surface area contributed by atoms with E-state index in [2.05, 4.69) is 25.3 Å². The molecule has 2 amide bonds. The standard InChI is InChI=1S/C27H30N8O2/c1-19-5-6-20(2)35(19)26-23(18-30-32(26)3)25(37)31-22-9-7-21(8-10-22)17-24(36)33-13-15-34(16-14-33)27-28-11-4-12-29-27/h4-12,18H,13-17H2,1-3H3,(H,31,37). The van der Waals surface area contributed by atoms with E-state index in [1.807, 2.05) is 66.8 Å². The van der Waals surface area contributed by atoms with Crippen LogP contribution in [0.15, 0.2) is 61.1 Å². The Balaban J connectivity index is 1.19. The smallest absolute Gasteiger partial charge is 0.261 e. The summed E-state index contributed by atoms with van der Waals surface area (Å²) in [5.41, 5.74) is 4.10. The molecular weight excluding hydrogens is 468 g/mol. The number of nitrogens with one attached hydrogen (secondary N) is 1. The fraction of sp³-hybridized carbons (Fsp3) is 0.296. The summed E-state index contributed by atoms with van der Waals surface area (Å²) in [7, 11) is 1.83. The highest BCUT2D eigenvalue weighted by Gasteiger charge is 2.23. The van der Waals surface area contributed by atoms with Crippen LogP contribution in [0.25, 0.3) is 5.82 Å². The van der Waals surface area contributed by atoms with Crippen LogP contribution in [0.1, 0.15) is 27.3 Å². The molecule has 37 heavy (non-hydrogen) atoms. The number of amides is 2. The molecule has 1 saturated heterocycles. The van der Waals surface area contributed by atoms with Gasteiger partial charge in [0, 0.05) is 62.7 Å². The molecule has 1 N–H and O–H groups in total. The molecule has 10 heteroatoms. The number of nitrogens with zero attached hydrogens (tertiary/aromatic N) is 7. The second-order valence-corrected chi connectivity index (χ2v) is 9.20. The van der Waals surface area contributed by atoms with Crippen molar-refractivity contribution in [3.63, 3.8) is 0 Å². The normalized spacial score (nSPS) is 13.6. The van der Waals surface area contributed by atoms with Crippen molar-refractivity contribution in [3.8, 4) is 5.82 Å². The zero-order valence-electron chi connectivity index (χ0n) is 21.3. The molecule has 4 aromatic rings. The van der Waals surface area contributed by atoms with Gasteiger partial charge in [-0.25, -0.2) is 9.97 Å². The molecule has 0 bridgehead atoms. The lowest BCUT2D eigenvalue weighted by Crippen LogP contribution is -2.49. The molecule has 3 aromatic heterocycles. The maximum Gasteiger partial charge on any atom is 0.261 e. The third-order valence-corrected chi connectivity index (χ3v) is 6.67. The Morgan fingerprint density at radius 3 is 2.22 bits per heavy atom. The predicted octanol–water partition coefficient (Wildman–Crippen LogP) is 2.76. The Kier molecular flexibility index (Phi) is 6.72. The van der Waals surface area contributed by atoms with E-state index in [9.17, 15) is 9.59 Å². The summed E-state index contributed by atoms with van der Waals surface area (Å²) in [5, 5.41) is 7.27. The fourth-order valence-corrected chi connectivity index (χ4v) is 4.66. The van der Waals surface area contributed by atoms with Gasteiger partial charge in [-0.1, -0.05) is 12.1 Å². The number of carbonyl (C=O) groups excluding carboxylic acids is 2. The first-order valence-corrected chi connectivity index (χ1v) is 12.3. The van der Waals surface area contributed by atoms with Crippen LogP contribution >= 0.6 is 0 Å². The highest BCUT2D eigenvalue weighted by molar-refractivity contribution is 6.06. The van der Waals surface area contributed by atoms with Crippen LogP contribution in [-0.2, 0) is 18.3 Å². The number of anilines is 2. The Morgan fingerprint density at radius 2 is 1.57 bits per heavy atom. The molecular formula is C27H30N8O2. The molecule has 0 unspecified atom stereocenters. The summed E-state index contributed by atoms with van der Waals surface area (Å²) < 4.78 is 3.72. The summed E-state index contributed by atoms with van der Waals surface area (Å²) in [5.74, 6) is 1.27. The van der Waals surface area contributed by atoms with E-state index in [4.69, 9.17) is 0 Å². The minimum absolute atomic E-state index is 0.0860. The van der Waals surface area contributed by atoms with Crippen LogP contribution in [0.3, 0.4) is 0 Å². The second-order valence-electron chi connectivity index (χ2n) is 9.20. The average molecular weight is 499 g/mol. The summed E-state index contributed by atoms with van der Waals surface area (Å²) in [6, 6.07) is 13.2. The number of aryl methyl sites for hydroxylation is 3. The first-order chi connectivity index (χ1) is 17.9. The maximum absolute atomic E-state index is 13.1. The first-order valence-electron chi connectivity index (χ1n) is 12.3. The summed E-state index contributed by atoms with van der Waals surface area (Å²) in [6.07, 6.45) is 5.35. The molecule has 0 radical (unpaired) electrons. The van der Waals surface area contributed by atoms with Gasteiger partial charge in [-0.15, -0.1) is 0 Å². The number of hydrogen-bond acceptors (Lipinski definition) is 6. The Hall–Kier alpha value is -4.47. The molecule has 5 rings (SSSR count). The Labute approximate surface area is 215 Å². The van der Waals surface area contributed by atoms with Gasteiger partial charge in [-0.05, 0) is 49.7 Å². The summed E-state index contributed by atoms with van der Waals surface area (Å²) >= 11 is 0. The number of carbonyl (C=O) groups is 2. The van der Waals surface area contributed by atoms with Gasteiger partial charge < -0.3 is 19.7 Å². The lowest BCUT2D eigenvalue weighted by Gasteiger charge is -2.34. The van der Waals surface area contributed by atoms with Crippen molar-refractivity contribution in [1.82, 2.24) is 29.2 Å². The minimum atomic E-state index is -0.236. The topological polar surface area (TPSA) is 101 Å². The molecule has 190 valence electrons. The Morgan fingerprint density at radius 1 is 0.919 bits per heavy atom. The maximum atomic E-state index is 13.1. The zero-order chi connectivity index (χ0) is 25.9. The van der Waals surface area contributed by atoms with Gasteiger partial charge in [-0.2, -0.15) is 5.10 Å². The van der Waals surface area contributed by atoms with Crippen LogP contribution in [0.5, 0.6) is 0 Å². The lowest BCUT2D eigenvalue weighted by atomic mass is 10.1. The van der Waals surface area contributed by atoms with Crippen molar-refractivity contribution in [3.05, 3.63) is 83.6 Å². The molecule has 1 aliphatic heterocycles. The van der Waals surface area contributed by atoms with Gasteiger partial charge in [0.05, 0.1) is 12.6 Å². The van der Waals surface area contributed by atoms with Gasteiger partial charge in [0.15, 0.2) is 0 Å². The molecule has 0 atom stereocenters. The van der Waals surface area contributed by atoms with Crippen molar-refractivity contribution in [2.24, 2.45) is 7.05 Å². The van der Waals surface area contributed by atoms with Crippen molar-refractivity contribution >= 4 is 23.5 Å². The number of hydrogen-bond donors (Lipinski definition) is 1. The number of rotatable bonds is 6. The molecule has 4 heterocycles. The van der Waals surface area contributed by atoms with E-state index in [1.54, 1.807) is 29.3 Å². The van der Waals surface area contributed by atoms with Crippen LogP contribution in [-0.4, -0.2) is 67.2 Å². The average Bonchev–Trinajstić information content (AvgIpc) is 3.46. The summed E-state index contributed by atoms with van der Waals surface area (Å²) in [4.78, 5) is 38.5. The van der Waals surface area contributed by atoms with Gasteiger partial charge in [0.1, 0.15) is 11.4 Å². The number of piperazine rings is 1. The van der Waals surface area contributed by atoms with Crippen LogP contribution < -0.4 is 10.2 Å². The SMILES string of the molecule is Cc1ccc(C)n1-c1c(C(=O)Nc2ccc(CC(=O)N3CCN(c4ncccn4)CC3)cc2)cnn1C. The molecule has 0 aliphatic carbocycles. The third kappa shape index (κ3) is 5.09. The molecule has 10 nitrogen and oxygen atoms in total. The molecule has 0 spiro atoms. The number of benzene rings is 1. The van der Waals surface area contributed by atoms with Gasteiger partial charge in [-0.3, -0.25) is 14.3 Å². The van der Waals surface area contributed by atoms with E-state index in [0.717, 1.165) is 22.8 Å². The molecule has 0 saturated carbocycles. The monoisotopic (exact) mass is 498 g/mol. The van der Waals surface area contributed by atoms with E-state index >= 15 is 0 Å². The van der Waals surface area contributed by atoms with Crippen molar-refractivity contribution in [2.75, 3.05) is 36.4 Å². The van der Waals surface area contributed by atoms with E-state index in [-0.39, 0.29) is 11.8 Å². The zero-order valence-corrected chi connectivity index (χ0v) is 21.3. The first kappa shape index (κ1) is 24.2. The van der Waals surface area contributed by atoms with Gasteiger partial charge >= 0.3 is 0 Å². The largest absolute Gasteiger partial charge is 0.339 e. The van der Waals surface area contributed by atoms with Crippen LogP contribution in [0.2, 0.25) is 0 Å². The van der Waals surface area contributed by atoms with Gasteiger partial charge in [0.2, 0.25) is 11.9 Å². The quantitative estimate of drug-likeness (QED) is 0.439. The second kappa shape index (κ2) is 10.3.